The van der Waals surface area contributed by atoms with Gasteiger partial charge in [0.25, 0.3) is 5.91 Å². The number of amides is 1. The lowest BCUT2D eigenvalue weighted by Gasteiger charge is -2.46. The first kappa shape index (κ1) is 14.6. The van der Waals surface area contributed by atoms with Crippen molar-refractivity contribution >= 4 is 11.9 Å². The number of carboxylic acid groups (broad SMARTS) is 1. The third-order valence-corrected chi connectivity index (χ3v) is 3.01. The van der Waals surface area contributed by atoms with Gasteiger partial charge in [0.2, 0.25) is 5.76 Å². The van der Waals surface area contributed by atoms with Gasteiger partial charge in [0.15, 0.2) is 5.76 Å². The van der Waals surface area contributed by atoms with E-state index in [1.54, 1.807) is 4.90 Å². The first-order valence-electron chi connectivity index (χ1n) is 6.42. The van der Waals surface area contributed by atoms with E-state index >= 15 is 0 Å². The van der Waals surface area contributed by atoms with Crippen molar-refractivity contribution in [2.24, 2.45) is 0 Å². The van der Waals surface area contributed by atoms with Crippen LogP contribution < -0.4 is 0 Å². The van der Waals surface area contributed by atoms with Crippen molar-refractivity contribution in [1.29, 1.82) is 0 Å². The fraction of sp³-hybridized carbons (Fsp3) is 0.571. The van der Waals surface area contributed by atoms with Crippen molar-refractivity contribution < 1.29 is 23.8 Å². The molecule has 20 heavy (non-hydrogen) atoms. The number of carbonyl (C=O) groups is 2. The van der Waals surface area contributed by atoms with Crippen molar-refractivity contribution in [2.45, 2.75) is 38.9 Å². The number of hydrogen-bond donors (Lipinski definition) is 1. The molecule has 2 heterocycles. The molecular weight excluding hydrogens is 262 g/mol. The van der Waals surface area contributed by atoms with E-state index in [-0.39, 0.29) is 17.4 Å². The Morgan fingerprint density at radius 1 is 1.10 bits per heavy atom. The van der Waals surface area contributed by atoms with E-state index in [0.29, 0.717) is 13.1 Å². The Morgan fingerprint density at radius 3 is 2.05 bits per heavy atom. The van der Waals surface area contributed by atoms with E-state index in [0.717, 1.165) is 0 Å². The first-order chi connectivity index (χ1) is 9.10. The zero-order valence-electron chi connectivity index (χ0n) is 12.1. The summed E-state index contributed by atoms with van der Waals surface area (Å²) in [7, 11) is 0. The maximum Gasteiger partial charge on any atom is 0.371 e. The smallest absolute Gasteiger partial charge is 0.371 e. The maximum atomic E-state index is 12.4. The molecule has 6 heteroatoms. The summed E-state index contributed by atoms with van der Waals surface area (Å²) in [5, 5.41) is 8.82. The van der Waals surface area contributed by atoms with Gasteiger partial charge < -0.3 is 19.2 Å². The quantitative estimate of drug-likeness (QED) is 0.897. The number of morpholine rings is 1. The van der Waals surface area contributed by atoms with Gasteiger partial charge in [-0.1, -0.05) is 0 Å². The normalized spacial score (nSPS) is 20.7. The summed E-state index contributed by atoms with van der Waals surface area (Å²) >= 11 is 0. The molecular formula is C14H19NO5. The van der Waals surface area contributed by atoms with Crippen LogP contribution in [-0.2, 0) is 4.74 Å². The second kappa shape index (κ2) is 4.63. The molecule has 0 aromatic carbocycles. The third-order valence-electron chi connectivity index (χ3n) is 3.01. The average Bonchev–Trinajstić information content (AvgIpc) is 2.72. The van der Waals surface area contributed by atoms with E-state index in [4.69, 9.17) is 14.3 Å². The highest BCUT2D eigenvalue weighted by molar-refractivity contribution is 5.93. The SMILES string of the molecule is CC1(C)CN(C(=O)c2ccc(C(=O)O)o2)CC(C)(C)O1. The second-order valence-corrected chi connectivity index (χ2v) is 6.25. The fourth-order valence-electron chi connectivity index (χ4n) is 2.65. The number of carboxylic acids is 1. The molecule has 0 atom stereocenters. The van der Waals surface area contributed by atoms with Crippen LogP contribution in [0, 0.1) is 0 Å². The van der Waals surface area contributed by atoms with Gasteiger partial charge in [-0.3, -0.25) is 4.79 Å². The van der Waals surface area contributed by atoms with Crippen LogP contribution in [0.3, 0.4) is 0 Å². The Bertz CT molecular complexity index is 528. The van der Waals surface area contributed by atoms with Crippen LogP contribution in [0.15, 0.2) is 16.5 Å². The number of nitrogens with zero attached hydrogens (tertiary/aromatic N) is 1. The predicted molar refractivity (Wildman–Crippen MR) is 70.8 cm³/mol. The lowest BCUT2D eigenvalue weighted by molar-refractivity contribution is -0.171. The highest BCUT2D eigenvalue weighted by atomic mass is 16.5. The number of ether oxygens (including phenoxy) is 1. The van der Waals surface area contributed by atoms with Crippen molar-refractivity contribution in [1.82, 2.24) is 4.90 Å². The molecule has 0 bridgehead atoms. The Morgan fingerprint density at radius 2 is 1.60 bits per heavy atom. The van der Waals surface area contributed by atoms with Gasteiger partial charge in [0.1, 0.15) is 0 Å². The molecule has 1 aromatic rings. The molecule has 1 N–H and O–H groups in total. The van der Waals surface area contributed by atoms with Gasteiger partial charge >= 0.3 is 5.97 Å². The zero-order valence-corrected chi connectivity index (χ0v) is 12.1. The number of aromatic carboxylic acids is 1. The van der Waals surface area contributed by atoms with Crippen LogP contribution in [0.25, 0.3) is 0 Å². The number of rotatable bonds is 2. The minimum atomic E-state index is -1.19. The number of furan rings is 1. The molecule has 1 amide bonds. The van der Waals surface area contributed by atoms with E-state index in [1.165, 1.54) is 12.1 Å². The third kappa shape index (κ3) is 3.01. The van der Waals surface area contributed by atoms with Crippen molar-refractivity contribution in [3.63, 3.8) is 0 Å². The molecule has 1 aliphatic heterocycles. The summed E-state index contributed by atoms with van der Waals surface area (Å²) in [6.07, 6.45) is 0. The van der Waals surface area contributed by atoms with E-state index in [1.807, 2.05) is 27.7 Å². The first-order valence-corrected chi connectivity index (χ1v) is 6.42. The molecule has 0 saturated carbocycles. The van der Waals surface area contributed by atoms with Crippen LogP contribution in [0.4, 0.5) is 0 Å². The minimum Gasteiger partial charge on any atom is -0.475 e. The molecule has 1 fully saturated rings. The Balaban J connectivity index is 2.21. The van der Waals surface area contributed by atoms with Gasteiger partial charge in [0, 0.05) is 13.1 Å². The van der Waals surface area contributed by atoms with E-state index < -0.39 is 17.2 Å². The van der Waals surface area contributed by atoms with Gasteiger partial charge in [-0.15, -0.1) is 0 Å². The topological polar surface area (TPSA) is 80.0 Å². The van der Waals surface area contributed by atoms with Gasteiger partial charge in [-0.2, -0.15) is 0 Å². The average molecular weight is 281 g/mol. The summed E-state index contributed by atoms with van der Waals surface area (Å²) in [5.74, 6) is -1.70. The minimum absolute atomic E-state index is 0.0379. The van der Waals surface area contributed by atoms with Crippen LogP contribution in [-0.4, -0.2) is 46.2 Å². The van der Waals surface area contributed by atoms with Crippen LogP contribution in [0.2, 0.25) is 0 Å². The standard InChI is InChI=1S/C14H19NO5/c1-13(2)7-15(8-14(3,4)20-13)11(16)9-5-6-10(19-9)12(17)18/h5-6H,7-8H2,1-4H3,(H,17,18). The highest BCUT2D eigenvalue weighted by Crippen LogP contribution is 2.29. The molecule has 0 aliphatic carbocycles. The van der Waals surface area contributed by atoms with Crippen molar-refractivity contribution in [2.75, 3.05) is 13.1 Å². The summed E-state index contributed by atoms with van der Waals surface area (Å²) in [6.45, 7) is 8.52. The summed E-state index contributed by atoms with van der Waals surface area (Å²) in [5.41, 5.74) is -0.917. The second-order valence-electron chi connectivity index (χ2n) is 6.25. The predicted octanol–water partition coefficient (Wildman–Crippen LogP) is 2.01. The summed E-state index contributed by atoms with van der Waals surface area (Å²) in [6, 6.07) is 2.67. The molecule has 1 aromatic heterocycles. The molecule has 0 spiro atoms. The Labute approximate surface area is 117 Å². The van der Waals surface area contributed by atoms with Crippen molar-refractivity contribution in [3.8, 4) is 0 Å². The van der Waals surface area contributed by atoms with E-state index in [9.17, 15) is 9.59 Å². The summed E-state index contributed by atoms with van der Waals surface area (Å²) < 4.78 is 11.0. The van der Waals surface area contributed by atoms with Crippen molar-refractivity contribution in [3.05, 3.63) is 23.7 Å². The molecule has 1 saturated heterocycles. The lowest BCUT2D eigenvalue weighted by atomic mass is 9.99. The van der Waals surface area contributed by atoms with Crippen LogP contribution in [0.5, 0.6) is 0 Å². The van der Waals surface area contributed by atoms with Gasteiger partial charge in [-0.05, 0) is 39.8 Å². The van der Waals surface area contributed by atoms with Crippen LogP contribution >= 0.6 is 0 Å². The van der Waals surface area contributed by atoms with E-state index in [2.05, 4.69) is 0 Å². The summed E-state index contributed by atoms with van der Waals surface area (Å²) in [4.78, 5) is 24.8. The monoisotopic (exact) mass is 281 g/mol. The highest BCUT2D eigenvalue weighted by Gasteiger charge is 2.40. The Kier molecular flexibility index (Phi) is 3.37. The molecule has 110 valence electrons. The molecule has 2 rings (SSSR count). The zero-order chi connectivity index (χ0) is 15.1. The number of carbonyl (C=O) groups excluding carboxylic acids is 1. The fourth-order valence-corrected chi connectivity index (χ4v) is 2.65. The molecule has 0 unspecified atom stereocenters. The lowest BCUT2D eigenvalue weighted by Crippen LogP contribution is -2.58. The molecule has 6 nitrogen and oxygen atoms in total. The Hall–Kier alpha value is -1.82. The van der Waals surface area contributed by atoms with Gasteiger partial charge in [0.05, 0.1) is 11.2 Å². The molecule has 1 aliphatic rings. The van der Waals surface area contributed by atoms with Crippen LogP contribution in [0.1, 0.15) is 48.8 Å². The maximum absolute atomic E-state index is 12.4. The largest absolute Gasteiger partial charge is 0.475 e. The van der Waals surface area contributed by atoms with Gasteiger partial charge in [-0.25, -0.2) is 4.79 Å². The number of hydrogen-bond acceptors (Lipinski definition) is 4. The molecule has 0 radical (unpaired) electrons.